The fourth-order valence-corrected chi connectivity index (χ4v) is 4.48. The highest BCUT2D eigenvalue weighted by Gasteiger charge is 2.21. The molecule has 6 heteroatoms. The van der Waals surface area contributed by atoms with E-state index in [2.05, 4.69) is 34.5 Å². The summed E-state index contributed by atoms with van der Waals surface area (Å²) in [6, 6.07) is 4.73. The molecule has 1 aromatic rings. The van der Waals surface area contributed by atoms with E-state index in [1.54, 1.807) is 12.1 Å². The van der Waals surface area contributed by atoms with Gasteiger partial charge in [0.2, 0.25) is 10.0 Å². The summed E-state index contributed by atoms with van der Waals surface area (Å²) < 4.78 is 28.2. The van der Waals surface area contributed by atoms with Crippen LogP contribution in [-0.2, 0) is 10.0 Å². The van der Waals surface area contributed by atoms with E-state index in [4.69, 9.17) is 5.73 Å². The molecule has 1 unspecified atom stereocenters. The van der Waals surface area contributed by atoms with Gasteiger partial charge in [0.25, 0.3) is 0 Å². The molecule has 1 aromatic carbocycles. The zero-order chi connectivity index (χ0) is 15.2. The van der Waals surface area contributed by atoms with Crippen LogP contribution in [-0.4, -0.2) is 14.5 Å². The molecule has 0 aliphatic carbocycles. The third-order valence-electron chi connectivity index (χ3n) is 3.11. The van der Waals surface area contributed by atoms with E-state index >= 15 is 0 Å². The van der Waals surface area contributed by atoms with Gasteiger partial charge in [-0.25, -0.2) is 13.1 Å². The van der Waals surface area contributed by atoms with Gasteiger partial charge in [0.05, 0.1) is 4.90 Å². The van der Waals surface area contributed by atoms with Crippen LogP contribution >= 0.6 is 15.9 Å². The van der Waals surface area contributed by atoms with Crippen LogP contribution in [0.25, 0.3) is 0 Å². The molecule has 0 aromatic heterocycles. The predicted molar refractivity (Wildman–Crippen MR) is 87.1 cm³/mol. The van der Waals surface area contributed by atoms with Gasteiger partial charge in [-0.05, 0) is 47.0 Å². The van der Waals surface area contributed by atoms with Crippen LogP contribution in [0.5, 0.6) is 0 Å². The molecular formula is C14H23BrN2O2S. The third kappa shape index (κ3) is 5.07. The largest absolute Gasteiger partial charge is 0.399 e. The normalized spacial score (nSPS) is 13.3. The summed E-state index contributed by atoms with van der Waals surface area (Å²) in [4.78, 5) is 0.240. The fraction of sp³-hybridized carbons (Fsp3) is 0.571. The van der Waals surface area contributed by atoms with Crippen molar-refractivity contribution in [3.63, 3.8) is 0 Å². The molecular weight excluding hydrogens is 340 g/mol. The number of rotatable bonds is 8. The van der Waals surface area contributed by atoms with Crippen molar-refractivity contribution in [2.45, 2.75) is 56.9 Å². The monoisotopic (exact) mass is 362 g/mol. The number of unbranched alkanes of at least 4 members (excludes halogenated alkanes) is 1. The minimum absolute atomic E-state index is 0.00518. The molecule has 4 nitrogen and oxygen atoms in total. The lowest BCUT2D eigenvalue weighted by molar-refractivity contribution is 0.483. The Bertz CT molecular complexity index is 532. The van der Waals surface area contributed by atoms with Gasteiger partial charge >= 0.3 is 0 Å². The van der Waals surface area contributed by atoms with Crippen molar-refractivity contribution in [2.75, 3.05) is 5.73 Å². The van der Waals surface area contributed by atoms with Gasteiger partial charge in [0.15, 0.2) is 0 Å². The lowest BCUT2D eigenvalue weighted by Crippen LogP contribution is -2.35. The molecule has 1 rings (SSSR count). The van der Waals surface area contributed by atoms with Crippen LogP contribution in [0.4, 0.5) is 5.69 Å². The first-order valence-corrected chi connectivity index (χ1v) is 9.25. The topological polar surface area (TPSA) is 72.2 Å². The van der Waals surface area contributed by atoms with Crippen LogP contribution in [0.2, 0.25) is 0 Å². The molecule has 20 heavy (non-hydrogen) atoms. The Morgan fingerprint density at radius 1 is 1.25 bits per heavy atom. The van der Waals surface area contributed by atoms with Crippen molar-refractivity contribution in [3.05, 3.63) is 22.7 Å². The second-order valence-electron chi connectivity index (χ2n) is 4.94. The molecule has 0 saturated heterocycles. The van der Waals surface area contributed by atoms with Crippen LogP contribution in [0.15, 0.2) is 27.6 Å². The van der Waals surface area contributed by atoms with Crippen molar-refractivity contribution in [3.8, 4) is 0 Å². The van der Waals surface area contributed by atoms with E-state index in [1.807, 2.05) is 0 Å². The number of sulfonamides is 1. The Balaban J connectivity index is 2.91. The Kier molecular flexibility index (Phi) is 6.99. The van der Waals surface area contributed by atoms with E-state index in [0.717, 1.165) is 32.1 Å². The van der Waals surface area contributed by atoms with Gasteiger partial charge in [0, 0.05) is 16.2 Å². The first-order chi connectivity index (χ1) is 9.40. The van der Waals surface area contributed by atoms with Gasteiger partial charge in [-0.15, -0.1) is 0 Å². The number of nitrogens with one attached hydrogen (secondary N) is 1. The molecule has 114 valence electrons. The Hall–Kier alpha value is -0.590. The van der Waals surface area contributed by atoms with Gasteiger partial charge in [-0.2, -0.15) is 0 Å². The second kappa shape index (κ2) is 8.00. The van der Waals surface area contributed by atoms with Crippen molar-refractivity contribution in [1.29, 1.82) is 0 Å². The molecule has 0 aliphatic heterocycles. The number of hydrogen-bond acceptors (Lipinski definition) is 3. The smallest absolute Gasteiger partial charge is 0.241 e. The maximum Gasteiger partial charge on any atom is 0.241 e. The van der Waals surface area contributed by atoms with Crippen molar-refractivity contribution < 1.29 is 8.42 Å². The van der Waals surface area contributed by atoms with Crippen molar-refractivity contribution in [1.82, 2.24) is 4.72 Å². The zero-order valence-corrected chi connectivity index (χ0v) is 14.4. The summed E-state index contributed by atoms with van der Waals surface area (Å²) in [5.41, 5.74) is 6.17. The molecule has 3 N–H and O–H groups in total. The molecule has 0 aliphatic rings. The molecule has 0 fully saturated rings. The zero-order valence-electron chi connectivity index (χ0n) is 12.0. The highest BCUT2D eigenvalue weighted by atomic mass is 79.9. The van der Waals surface area contributed by atoms with Crippen molar-refractivity contribution >= 4 is 31.6 Å². The van der Waals surface area contributed by atoms with Gasteiger partial charge < -0.3 is 5.73 Å². The average molecular weight is 363 g/mol. The fourth-order valence-electron chi connectivity index (χ4n) is 2.08. The number of halogens is 1. The average Bonchev–Trinajstić information content (AvgIpc) is 2.35. The second-order valence-corrected chi connectivity index (χ2v) is 7.48. The van der Waals surface area contributed by atoms with E-state index in [-0.39, 0.29) is 10.9 Å². The number of hydrogen-bond donors (Lipinski definition) is 2. The Morgan fingerprint density at radius 2 is 1.95 bits per heavy atom. The first kappa shape index (κ1) is 17.5. The standard InChI is InChI=1S/C14H23BrN2O2S/c1-3-5-7-12(6-4-2)17-20(18,19)14-9-8-11(16)10-13(14)15/h8-10,12,17H,3-7,16H2,1-2H3. The number of benzene rings is 1. The maximum atomic E-state index is 12.4. The molecule has 0 spiro atoms. The summed E-state index contributed by atoms with van der Waals surface area (Å²) in [6.45, 7) is 4.17. The molecule has 0 amide bonds. The van der Waals surface area contributed by atoms with Gasteiger partial charge in [-0.3, -0.25) is 0 Å². The minimum atomic E-state index is -3.51. The summed E-state index contributed by atoms with van der Waals surface area (Å²) in [5, 5.41) is 0. The molecule has 0 radical (unpaired) electrons. The highest BCUT2D eigenvalue weighted by molar-refractivity contribution is 9.10. The van der Waals surface area contributed by atoms with Gasteiger partial charge in [-0.1, -0.05) is 33.1 Å². The summed E-state index contributed by atoms with van der Waals surface area (Å²) >= 11 is 3.27. The molecule has 0 heterocycles. The van der Waals surface area contributed by atoms with Crippen LogP contribution in [0, 0.1) is 0 Å². The number of nitrogens with two attached hydrogens (primary N) is 1. The van der Waals surface area contributed by atoms with Crippen LogP contribution < -0.4 is 10.5 Å². The van der Waals surface area contributed by atoms with Crippen molar-refractivity contribution in [2.24, 2.45) is 0 Å². The SMILES string of the molecule is CCCCC(CCC)NS(=O)(=O)c1ccc(N)cc1Br. The molecule has 0 saturated carbocycles. The quantitative estimate of drug-likeness (QED) is 0.692. The molecule has 0 bridgehead atoms. The summed E-state index contributed by atoms with van der Waals surface area (Å²) in [5.74, 6) is 0. The van der Waals surface area contributed by atoms with E-state index in [9.17, 15) is 8.42 Å². The lowest BCUT2D eigenvalue weighted by atomic mass is 10.1. The van der Waals surface area contributed by atoms with Gasteiger partial charge in [0.1, 0.15) is 0 Å². The lowest BCUT2D eigenvalue weighted by Gasteiger charge is -2.18. The van der Waals surface area contributed by atoms with E-state index in [1.165, 1.54) is 6.07 Å². The highest BCUT2D eigenvalue weighted by Crippen LogP contribution is 2.25. The predicted octanol–water partition coefficient (Wildman–Crippen LogP) is 3.67. The molecule has 1 atom stereocenters. The third-order valence-corrected chi connectivity index (χ3v) is 5.61. The van der Waals surface area contributed by atoms with E-state index in [0.29, 0.717) is 10.2 Å². The maximum absolute atomic E-state index is 12.4. The minimum Gasteiger partial charge on any atom is -0.399 e. The van der Waals surface area contributed by atoms with Crippen LogP contribution in [0.1, 0.15) is 46.0 Å². The van der Waals surface area contributed by atoms with Crippen LogP contribution in [0.3, 0.4) is 0 Å². The van der Waals surface area contributed by atoms with E-state index < -0.39 is 10.0 Å². The summed E-state index contributed by atoms with van der Waals surface area (Å²) in [6.07, 6.45) is 4.77. The first-order valence-electron chi connectivity index (χ1n) is 6.98. The Labute approximate surface area is 130 Å². The Morgan fingerprint density at radius 3 is 2.50 bits per heavy atom. The summed E-state index contributed by atoms with van der Waals surface area (Å²) in [7, 11) is -3.51. The number of anilines is 1. The number of nitrogen functional groups attached to an aromatic ring is 1.